The van der Waals surface area contributed by atoms with E-state index in [0.717, 1.165) is 12.8 Å². The van der Waals surface area contributed by atoms with Gasteiger partial charge in [0, 0.05) is 0 Å². The van der Waals surface area contributed by atoms with Crippen LogP contribution in [0.25, 0.3) is 0 Å². The molecule has 3 heteroatoms. The molecule has 0 saturated carbocycles. The summed E-state index contributed by atoms with van der Waals surface area (Å²) in [7, 11) is 0. The molecule has 0 aliphatic carbocycles. The van der Waals surface area contributed by atoms with Crippen LogP contribution in [0.5, 0.6) is 0 Å². The molecular formula is C10H23FO2. The van der Waals surface area contributed by atoms with E-state index in [0.29, 0.717) is 0 Å². The van der Waals surface area contributed by atoms with Gasteiger partial charge in [0.25, 0.3) is 0 Å². The minimum Gasteiger partial charge on any atom is -0.394 e. The summed E-state index contributed by atoms with van der Waals surface area (Å²) >= 11 is 0. The van der Waals surface area contributed by atoms with Crippen molar-refractivity contribution in [3.05, 3.63) is 0 Å². The summed E-state index contributed by atoms with van der Waals surface area (Å²) in [6.07, 6.45) is 7.68. The van der Waals surface area contributed by atoms with Gasteiger partial charge in [-0.15, -0.1) is 0 Å². The van der Waals surface area contributed by atoms with Crippen LogP contribution in [0.1, 0.15) is 51.9 Å². The van der Waals surface area contributed by atoms with E-state index < -0.39 is 6.10 Å². The maximum absolute atomic E-state index is 9.01. The maximum atomic E-state index is 9.01. The van der Waals surface area contributed by atoms with Gasteiger partial charge in [0.05, 0.1) is 12.7 Å². The Kier molecular flexibility index (Phi) is 14.0. The van der Waals surface area contributed by atoms with E-state index in [-0.39, 0.29) is 11.3 Å². The third kappa shape index (κ3) is 11.9. The number of hydrogen-bond donors (Lipinski definition) is 2. The first-order chi connectivity index (χ1) is 5.81. The van der Waals surface area contributed by atoms with Gasteiger partial charge in [-0.2, -0.15) is 0 Å². The van der Waals surface area contributed by atoms with Crippen molar-refractivity contribution >= 4 is 0 Å². The fraction of sp³-hybridized carbons (Fsp3) is 1.00. The molecule has 0 rings (SSSR count). The summed E-state index contributed by atoms with van der Waals surface area (Å²) in [5.41, 5.74) is 0. The average Bonchev–Trinajstić information content (AvgIpc) is 2.10. The molecule has 0 aromatic carbocycles. The van der Waals surface area contributed by atoms with E-state index in [9.17, 15) is 0 Å². The molecule has 1 unspecified atom stereocenters. The summed E-state index contributed by atoms with van der Waals surface area (Å²) < 4.78 is 0. The zero-order valence-electron chi connectivity index (χ0n) is 8.54. The summed E-state index contributed by atoms with van der Waals surface area (Å²) in [6, 6.07) is 0. The highest BCUT2D eigenvalue weighted by molar-refractivity contribution is 4.53. The van der Waals surface area contributed by atoms with Crippen molar-refractivity contribution < 1.29 is 14.9 Å². The maximum Gasteiger partial charge on any atom is 0.0770 e. The topological polar surface area (TPSA) is 40.5 Å². The Morgan fingerprint density at radius 3 is 2.08 bits per heavy atom. The lowest BCUT2D eigenvalue weighted by molar-refractivity contribution is 0.0860. The lowest BCUT2D eigenvalue weighted by atomic mass is 10.1. The third-order valence-corrected chi connectivity index (χ3v) is 2.10. The molecule has 0 fully saturated rings. The highest BCUT2D eigenvalue weighted by atomic mass is 19.0. The molecule has 0 bridgehead atoms. The number of aliphatic hydroxyl groups excluding tert-OH is 2. The van der Waals surface area contributed by atoms with Gasteiger partial charge in [-0.25, -0.2) is 0 Å². The molecule has 0 amide bonds. The molecule has 2 N–H and O–H groups in total. The fourth-order valence-electron chi connectivity index (χ4n) is 1.25. The average molecular weight is 194 g/mol. The molecule has 0 aromatic heterocycles. The van der Waals surface area contributed by atoms with E-state index in [4.69, 9.17) is 10.2 Å². The Bertz CT molecular complexity index is 89.0. The highest BCUT2D eigenvalue weighted by Gasteiger charge is 1.99. The van der Waals surface area contributed by atoms with E-state index in [1.165, 1.54) is 32.1 Å². The SMILES string of the molecule is CCCCCCCCC(O)CO.F. The molecule has 82 valence electrons. The number of rotatable bonds is 8. The van der Waals surface area contributed by atoms with Crippen LogP contribution in [0.4, 0.5) is 4.70 Å². The van der Waals surface area contributed by atoms with Crippen LogP contribution in [0, 0.1) is 0 Å². The number of halogens is 1. The van der Waals surface area contributed by atoms with Crippen molar-refractivity contribution in [2.24, 2.45) is 0 Å². The van der Waals surface area contributed by atoms with Crippen molar-refractivity contribution in [1.82, 2.24) is 0 Å². The predicted octanol–water partition coefficient (Wildman–Crippen LogP) is 2.24. The summed E-state index contributed by atoms with van der Waals surface area (Å²) in [5.74, 6) is 0. The van der Waals surface area contributed by atoms with Crippen LogP contribution in [-0.2, 0) is 0 Å². The summed E-state index contributed by atoms with van der Waals surface area (Å²) in [6.45, 7) is 2.12. The Hall–Kier alpha value is -0.150. The first-order valence-corrected chi connectivity index (χ1v) is 5.10. The van der Waals surface area contributed by atoms with E-state index in [1.807, 2.05) is 0 Å². The van der Waals surface area contributed by atoms with Gasteiger partial charge in [0.1, 0.15) is 0 Å². The summed E-state index contributed by atoms with van der Waals surface area (Å²) in [4.78, 5) is 0. The lowest BCUT2D eigenvalue weighted by Crippen LogP contribution is -2.10. The second-order valence-corrected chi connectivity index (χ2v) is 3.39. The fourth-order valence-corrected chi connectivity index (χ4v) is 1.25. The molecule has 0 spiro atoms. The van der Waals surface area contributed by atoms with E-state index in [1.54, 1.807) is 0 Å². The molecule has 2 nitrogen and oxygen atoms in total. The Morgan fingerprint density at radius 1 is 1.00 bits per heavy atom. The van der Waals surface area contributed by atoms with Crippen LogP contribution in [-0.4, -0.2) is 22.9 Å². The molecule has 0 heterocycles. The largest absolute Gasteiger partial charge is 0.394 e. The van der Waals surface area contributed by atoms with Crippen LogP contribution in [0.2, 0.25) is 0 Å². The van der Waals surface area contributed by atoms with Crippen molar-refractivity contribution in [2.75, 3.05) is 6.61 Å². The second kappa shape index (κ2) is 11.8. The standard InChI is InChI=1S/C10H22O2.FH/c1-2-3-4-5-6-7-8-10(12)9-11;/h10-12H,2-9H2,1H3;1H. The molecule has 0 radical (unpaired) electrons. The molecule has 0 aromatic rings. The zero-order valence-corrected chi connectivity index (χ0v) is 8.54. The first-order valence-electron chi connectivity index (χ1n) is 5.10. The summed E-state index contributed by atoms with van der Waals surface area (Å²) in [5, 5.41) is 17.5. The smallest absolute Gasteiger partial charge is 0.0770 e. The lowest BCUT2D eigenvalue weighted by Gasteiger charge is -2.05. The molecule has 1 atom stereocenters. The van der Waals surface area contributed by atoms with Crippen molar-refractivity contribution in [3.63, 3.8) is 0 Å². The van der Waals surface area contributed by atoms with Gasteiger partial charge >= 0.3 is 0 Å². The van der Waals surface area contributed by atoms with Crippen LogP contribution < -0.4 is 0 Å². The quantitative estimate of drug-likeness (QED) is 0.582. The van der Waals surface area contributed by atoms with Gasteiger partial charge in [-0.3, -0.25) is 4.70 Å². The Labute approximate surface area is 80.3 Å². The Morgan fingerprint density at radius 2 is 1.54 bits per heavy atom. The molecule has 0 aliphatic rings. The van der Waals surface area contributed by atoms with Gasteiger partial charge in [-0.1, -0.05) is 45.4 Å². The van der Waals surface area contributed by atoms with Crippen molar-refractivity contribution in [2.45, 2.75) is 58.0 Å². The number of unbranched alkanes of at least 4 members (excludes halogenated alkanes) is 5. The van der Waals surface area contributed by atoms with Gasteiger partial charge in [0.15, 0.2) is 0 Å². The number of hydrogen-bond acceptors (Lipinski definition) is 2. The second-order valence-electron chi connectivity index (χ2n) is 3.39. The molecular weight excluding hydrogens is 171 g/mol. The highest BCUT2D eigenvalue weighted by Crippen LogP contribution is 2.08. The van der Waals surface area contributed by atoms with Crippen LogP contribution in [0.15, 0.2) is 0 Å². The van der Waals surface area contributed by atoms with Gasteiger partial charge in [-0.05, 0) is 6.42 Å². The normalized spacial score (nSPS) is 12.2. The number of aliphatic hydroxyl groups is 2. The molecule has 0 aliphatic heterocycles. The minimum atomic E-state index is -0.490. The molecule has 13 heavy (non-hydrogen) atoms. The van der Waals surface area contributed by atoms with Crippen LogP contribution in [0.3, 0.4) is 0 Å². The van der Waals surface area contributed by atoms with Crippen molar-refractivity contribution in [3.8, 4) is 0 Å². The van der Waals surface area contributed by atoms with E-state index in [2.05, 4.69) is 6.92 Å². The van der Waals surface area contributed by atoms with Gasteiger partial charge < -0.3 is 10.2 Å². The minimum absolute atomic E-state index is 0. The van der Waals surface area contributed by atoms with Crippen molar-refractivity contribution in [1.29, 1.82) is 0 Å². The monoisotopic (exact) mass is 194 g/mol. The van der Waals surface area contributed by atoms with Gasteiger partial charge in [0.2, 0.25) is 0 Å². The first kappa shape index (κ1) is 15.3. The molecule has 0 saturated heterocycles. The van der Waals surface area contributed by atoms with E-state index >= 15 is 0 Å². The van der Waals surface area contributed by atoms with Crippen LogP contribution >= 0.6 is 0 Å². The predicted molar refractivity (Wildman–Crippen MR) is 53.6 cm³/mol. The zero-order chi connectivity index (χ0) is 9.23. The Balaban J connectivity index is 0. The third-order valence-electron chi connectivity index (χ3n) is 2.10.